The maximum absolute atomic E-state index is 9.36. The molecule has 3 aromatic heterocycles. The van der Waals surface area contributed by atoms with Gasteiger partial charge >= 0.3 is 0 Å². The Morgan fingerprint density at radius 2 is 2.25 bits per heavy atom. The molecule has 0 aliphatic rings. The van der Waals surface area contributed by atoms with Crippen molar-refractivity contribution in [1.82, 2.24) is 14.4 Å². The van der Waals surface area contributed by atoms with Crippen molar-refractivity contribution >= 4 is 27.9 Å². The SMILES string of the molecule is Cc1cn2c(/C=C(\C#N)c3ccccn3)c(C)nc2s1. The van der Waals surface area contributed by atoms with Gasteiger partial charge < -0.3 is 0 Å². The van der Waals surface area contributed by atoms with Crippen LogP contribution in [-0.4, -0.2) is 14.4 Å². The van der Waals surface area contributed by atoms with Crippen LogP contribution in [0.5, 0.6) is 0 Å². The van der Waals surface area contributed by atoms with Crippen LogP contribution in [0.1, 0.15) is 22.0 Å². The molecule has 0 radical (unpaired) electrons. The van der Waals surface area contributed by atoms with E-state index < -0.39 is 0 Å². The van der Waals surface area contributed by atoms with Crippen LogP contribution < -0.4 is 0 Å². The van der Waals surface area contributed by atoms with Gasteiger partial charge in [-0.05, 0) is 32.1 Å². The van der Waals surface area contributed by atoms with Gasteiger partial charge in [-0.15, -0.1) is 11.3 Å². The molecule has 0 unspecified atom stereocenters. The normalized spacial score (nSPS) is 11.8. The largest absolute Gasteiger partial charge is 0.290 e. The zero-order valence-electron chi connectivity index (χ0n) is 11.2. The first-order chi connectivity index (χ1) is 9.69. The lowest BCUT2D eigenvalue weighted by Gasteiger charge is -1.98. The monoisotopic (exact) mass is 280 g/mol. The van der Waals surface area contributed by atoms with Crippen LogP contribution in [-0.2, 0) is 0 Å². The Morgan fingerprint density at radius 1 is 1.40 bits per heavy atom. The number of aryl methyl sites for hydroxylation is 2. The maximum Gasteiger partial charge on any atom is 0.194 e. The van der Waals surface area contributed by atoms with Gasteiger partial charge in [0.15, 0.2) is 4.96 Å². The number of aromatic nitrogens is 3. The standard InChI is InChI=1S/C15H12N4S/c1-10-9-19-14(11(2)18-15(19)20-10)7-12(8-16)13-5-3-4-6-17-13/h3-7,9H,1-2H3/b12-7+. The summed E-state index contributed by atoms with van der Waals surface area (Å²) < 4.78 is 2.02. The molecule has 0 fully saturated rings. The number of pyridine rings is 1. The summed E-state index contributed by atoms with van der Waals surface area (Å²) in [5.41, 5.74) is 3.07. The Labute approximate surface area is 120 Å². The van der Waals surface area contributed by atoms with E-state index >= 15 is 0 Å². The van der Waals surface area contributed by atoms with Crippen LogP contribution in [0.25, 0.3) is 16.6 Å². The molecule has 0 aliphatic carbocycles. The molecule has 0 amide bonds. The highest BCUT2D eigenvalue weighted by Gasteiger charge is 2.11. The zero-order chi connectivity index (χ0) is 14.1. The van der Waals surface area contributed by atoms with Crippen molar-refractivity contribution in [2.45, 2.75) is 13.8 Å². The zero-order valence-corrected chi connectivity index (χ0v) is 12.0. The maximum atomic E-state index is 9.36. The predicted octanol–water partition coefficient (Wildman–Crippen LogP) is 3.47. The Morgan fingerprint density at radius 3 is 2.95 bits per heavy atom. The van der Waals surface area contributed by atoms with E-state index in [-0.39, 0.29) is 0 Å². The molecule has 0 aliphatic heterocycles. The van der Waals surface area contributed by atoms with E-state index in [9.17, 15) is 5.26 Å². The molecular formula is C15H12N4S. The fraction of sp³-hybridized carbons (Fsp3) is 0.133. The van der Waals surface area contributed by atoms with E-state index in [1.165, 1.54) is 4.88 Å². The molecule has 0 bridgehead atoms. The van der Waals surface area contributed by atoms with Crippen molar-refractivity contribution in [2.24, 2.45) is 0 Å². The highest BCUT2D eigenvalue weighted by Crippen LogP contribution is 2.24. The third-order valence-electron chi connectivity index (χ3n) is 3.01. The lowest BCUT2D eigenvalue weighted by molar-refractivity contribution is 1.18. The van der Waals surface area contributed by atoms with Crippen LogP contribution in [0.15, 0.2) is 30.6 Å². The fourth-order valence-corrected chi connectivity index (χ4v) is 2.96. The lowest BCUT2D eigenvalue weighted by atomic mass is 10.1. The molecule has 3 aromatic rings. The van der Waals surface area contributed by atoms with E-state index in [1.807, 2.05) is 48.7 Å². The summed E-state index contributed by atoms with van der Waals surface area (Å²) in [5, 5.41) is 9.36. The molecule has 0 aromatic carbocycles. The summed E-state index contributed by atoms with van der Waals surface area (Å²) in [4.78, 5) is 10.9. The Bertz CT molecular complexity index is 834. The van der Waals surface area contributed by atoms with Gasteiger partial charge in [0.2, 0.25) is 0 Å². The van der Waals surface area contributed by atoms with Crippen molar-refractivity contribution in [3.63, 3.8) is 0 Å². The minimum atomic E-state index is 0.541. The second kappa shape index (κ2) is 4.91. The van der Waals surface area contributed by atoms with Crippen LogP contribution in [0, 0.1) is 25.2 Å². The molecule has 98 valence electrons. The van der Waals surface area contributed by atoms with Crippen molar-refractivity contribution in [3.05, 3.63) is 52.6 Å². The molecular weight excluding hydrogens is 268 g/mol. The van der Waals surface area contributed by atoms with Crippen molar-refractivity contribution in [1.29, 1.82) is 5.26 Å². The van der Waals surface area contributed by atoms with Gasteiger partial charge in [0.05, 0.1) is 22.7 Å². The highest BCUT2D eigenvalue weighted by atomic mass is 32.1. The molecule has 20 heavy (non-hydrogen) atoms. The van der Waals surface area contributed by atoms with E-state index in [4.69, 9.17) is 0 Å². The Kier molecular flexibility index (Phi) is 3.09. The van der Waals surface area contributed by atoms with Gasteiger partial charge in [-0.25, -0.2) is 4.98 Å². The van der Waals surface area contributed by atoms with Crippen LogP contribution in [0.3, 0.4) is 0 Å². The third kappa shape index (κ3) is 2.10. The van der Waals surface area contributed by atoms with Gasteiger partial charge in [0.25, 0.3) is 0 Å². The van der Waals surface area contributed by atoms with Gasteiger partial charge in [-0.3, -0.25) is 9.38 Å². The quantitative estimate of drug-likeness (QED) is 0.675. The number of imidazole rings is 1. The molecule has 0 atom stereocenters. The number of rotatable bonds is 2. The topological polar surface area (TPSA) is 54.0 Å². The summed E-state index contributed by atoms with van der Waals surface area (Å²) in [5.74, 6) is 0. The lowest BCUT2D eigenvalue weighted by Crippen LogP contribution is -1.89. The Hall–Kier alpha value is -2.45. The predicted molar refractivity (Wildman–Crippen MR) is 80.3 cm³/mol. The first kappa shape index (κ1) is 12.6. The first-order valence-electron chi connectivity index (χ1n) is 6.17. The van der Waals surface area contributed by atoms with Gasteiger partial charge in [-0.2, -0.15) is 5.26 Å². The van der Waals surface area contributed by atoms with Crippen molar-refractivity contribution in [2.75, 3.05) is 0 Å². The number of hydrogen-bond donors (Lipinski definition) is 0. The molecule has 0 spiro atoms. The van der Waals surface area contributed by atoms with Gasteiger partial charge in [0.1, 0.15) is 6.07 Å². The van der Waals surface area contributed by atoms with Crippen LogP contribution in [0.4, 0.5) is 0 Å². The summed E-state index contributed by atoms with van der Waals surface area (Å²) in [6.07, 6.45) is 5.58. The van der Waals surface area contributed by atoms with Gasteiger partial charge in [-0.1, -0.05) is 6.07 Å². The third-order valence-corrected chi connectivity index (χ3v) is 3.90. The van der Waals surface area contributed by atoms with E-state index in [2.05, 4.69) is 16.0 Å². The van der Waals surface area contributed by atoms with E-state index in [0.717, 1.165) is 16.3 Å². The van der Waals surface area contributed by atoms with E-state index in [0.29, 0.717) is 11.3 Å². The number of allylic oxidation sites excluding steroid dienone is 1. The second-order valence-electron chi connectivity index (χ2n) is 4.46. The highest BCUT2D eigenvalue weighted by molar-refractivity contribution is 7.17. The van der Waals surface area contributed by atoms with Gasteiger partial charge in [0, 0.05) is 17.3 Å². The number of thiazole rings is 1. The summed E-state index contributed by atoms with van der Waals surface area (Å²) in [6, 6.07) is 7.76. The number of hydrogen-bond acceptors (Lipinski definition) is 4. The average molecular weight is 280 g/mol. The molecule has 4 nitrogen and oxygen atoms in total. The molecule has 0 saturated carbocycles. The van der Waals surface area contributed by atoms with Crippen LogP contribution in [0.2, 0.25) is 0 Å². The Balaban J connectivity index is 2.17. The summed E-state index contributed by atoms with van der Waals surface area (Å²) in [7, 11) is 0. The van der Waals surface area contributed by atoms with Crippen molar-refractivity contribution in [3.8, 4) is 6.07 Å². The summed E-state index contributed by atoms with van der Waals surface area (Å²) >= 11 is 1.64. The minimum absolute atomic E-state index is 0.541. The summed E-state index contributed by atoms with van der Waals surface area (Å²) in [6.45, 7) is 4.00. The molecule has 3 heterocycles. The van der Waals surface area contributed by atoms with Crippen molar-refractivity contribution < 1.29 is 0 Å². The minimum Gasteiger partial charge on any atom is -0.290 e. The molecule has 0 saturated heterocycles. The fourth-order valence-electron chi connectivity index (χ4n) is 2.08. The molecule has 5 heteroatoms. The number of nitrogens with zero attached hydrogens (tertiary/aromatic N) is 4. The second-order valence-corrected chi connectivity index (χ2v) is 5.67. The number of nitriles is 1. The van der Waals surface area contributed by atoms with E-state index in [1.54, 1.807) is 17.5 Å². The first-order valence-corrected chi connectivity index (χ1v) is 6.99. The van der Waals surface area contributed by atoms with Crippen LogP contribution >= 0.6 is 11.3 Å². The molecule has 3 rings (SSSR count). The molecule has 0 N–H and O–H groups in total. The average Bonchev–Trinajstić information content (AvgIpc) is 2.93. The number of fused-ring (bicyclic) bond motifs is 1. The smallest absolute Gasteiger partial charge is 0.194 e.